The molecule has 0 radical (unpaired) electrons. The molecule has 4 N–H and O–H groups in total. The van der Waals surface area contributed by atoms with Gasteiger partial charge in [-0.05, 0) is 85.2 Å². The molecule has 0 unspecified atom stereocenters. The number of hydrogen-bond donors (Lipinski definition) is 4. The molecular weight excluding hydrogens is 573 g/mol. The highest BCUT2D eigenvalue weighted by molar-refractivity contribution is 7.81. The maximum Gasteiger partial charge on any atom is 0.325 e. The van der Waals surface area contributed by atoms with Crippen molar-refractivity contribution in [2.75, 3.05) is 52.4 Å². The molecule has 0 aliphatic carbocycles. The number of hydrogen-bond acceptors (Lipinski definition) is 6. The largest absolute Gasteiger partial charge is 0.363 e. The summed E-state index contributed by atoms with van der Waals surface area (Å²) in [4.78, 5) is 33.5. The normalized spacial score (nSPS) is 16.4. The van der Waals surface area contributed by atoms with Crippen molar-refractivity contribution in [1.82, 2.24) is 40.9 Å². The zero-order valence-corrected chi connectivity index (χ0v) is 27.3. The van der Waals surface area contributed by atoms with Crippen LogP contribution in [0.25, 0.3) is 0 Å². The first kappa shape index (κ1) is 33.3. The predicted octanol–water partition coefficient (Wildman–Crippen LogP) is 2.81. The van der Waals surface area contributed by atoms with Crippen LogP contribution < -0.4 is 21.3 Å². The number of likely N-dealkylation sites (N-methyl/N-ethyl adjacent to an activating group) is 2. The fourth-order valence-corrected chi connectivity index (χ4v) is 5.96. The van der Waals surface area contributed by atoms with Crippen LogP contribution in [0.2, 0.25) is 0 Å². The minimum atomic E-state index is -0.395. The number of thiocarbonyl (C=S) groups is 4. The number of amides is 4. The molecule has 2 fully saturated rings. The molecule has 0 aromatic carbocycles. The van der Waals surface area contributed by atoms with E-state index in [9.17, 15) is 9.59 Å². The zero-order valence-electron chi connectivity index (χ0n) is 24.0. The van der Waals surface area contributed by atoms with Crippen molar-refractivity contribution in [3.63, 3.8) is 0 Å². The molecule has 10 nitrogen and oxygen atoms in total. The average Bonchev–Trinajstić information content (AvgIpc) is 3.32. The summed E-state index contributed by atoms with van der Waals surface area (Å²) in [6.45, 7) is 17.0. The van der Waals surface area contributed by atoms with Gasteiger partial charge in [0.15, 0.2) is 10.2 Å². The summed E-state index contributed by atoms with van der Waals surface area (Å²) in [5, 5.41) is 14.0. The Morgan fingerprint density at radius 2 is 1.03 bits per heavy atom. The van der Waals surface area contributed by atoms with Crippen LogP contribution in [0.15, 0.2) is 0 Å². The first-order chi connectivity index (χ1) is 18.2. The number of carbonyl (C=O) groups excluding carboxylic acids is 2. The molecule has 0 aromatic heterocycles. The van der Waals surface area contributed by atoms with E-state index in [2.05, 4.69) is 21.3 Å². The van der Waals surface area contributed by atoms with Crippen LogP contribution in [0.4, 0.5) is 9.59 Å². The molecule has 0 saturated carbocycles. The van der Waals surface area contributed by atoms with E-state index in [0.717, 1.165) is 6.42 Å². The summed E-state index contributed by atoms with van der Waals surface area (Å²) in [6.07, 6.45) is 2.25. The molecule has 2 heterocycles. The van der Waals surface area contributed by atoms with E-state index in [1.807, 2.05) is 41.5 Å². The van der Waals surface area contributed by atoms with E-state index >= 15 is 0 Å². The van der Waals surface area contributed by atoms with Crippen molar-refractivity contribution in [1.29, 1.82) is 0 Å². The van der Waals surface area contributed by atoms with E-state index in [-0.39, 0.29) is 12.1 Å². The molecule has 2 rings (SSSR count). The van der Waals surface area contributed by atoms with Crippen LogP contribution >= 0.6 is 48.9 Å². The van der Waals surface area contributed by atoms with Crippen LogP contribution in [0.3, 0.4) is 0 Å². The van der Waals surface area contributed by atoms with Gasteiger partial charge in [-0.15, -0.1) is 0 Å². The highest BCUT2D eigenvalue weighted by Gasteiger charge is 2.42. The summed E-state index contributed by atoms with van der Waals surface area (Å²) < 4.78 is 0. The first-order valence-electron chi connectivity index (χ1n) is 13.5. The summed E-state index contributed by atoms with van der Waals surface area (Å²) in [7, 11) is 0. The maximum atomic E-state index is 12.6. The van der Waals surface area contributed by atoms with Crippen molar-refractivity contribution >= 4 is 81.1 Å². The molecule has 4 amide bonds. The van der Waals surface area contributed by atoms with Crippen LogP contribution in [0.1, 0.15) is 60.8 Å². The lowest BCUT2D eigenvalue weighted by Crippen LogP contribution is -2.50. The van der Waals surface area contributed by atoms with Gasteiger partial charge < -0.3 is 31.1 Å². The first-order valence-corrected chi connectivity index (χ1v) is 15.2. The Hall–Kier alpha value is -1.90. The third-order valence-electron chi connectivity index (χ3n) is 7.02. The monoisotopic (exact) mass is 616 g/mol. The molecule has 2 aliphatic rings. The highest BCUT2D eigenvalue weighted by Crippen LogP contribution is 2.26. The molecule has 39 heavy (non-hydrogen) atoms. The van der Waals surface area contributed by atoms with Crippen LogP contribution in [0.5, 0.6) is 0 Å². The second-order valence-electron chi connectivity index (χ2n) is 10.9. The number of rotatable bonds is 14. The van der Waals surface area contributed by atoms with E-state index < -0.39 is 11.1 Å². The third kappa shape index (κ3) is 9.05. The maximum absolute atomic E-state index is 12.6. The van der Waals surface area contributed by atoms with Gasteiger partial charge in [-0.25, -0.2) is 9.59 Å². The number of nitrogens with zero attached hydrogens (tertiary/aromatic N) is 4. The lowest BCUT2D eigenvalue weighted by Gasteiger charge is -2.35. The van der Waals surface area contributed by atoms with Crippen LogP contribution in [-0.4, -0.2) is 115 Å². The SMILES string of the molecule is CCN1CC(=S)N(C(C)(C)CCNC(=S)NCCCNC(=S)NCCC(C)(C)N2C(=O)N(CC)CC2=S)C1=O. The second kappa shape index (κ2) is 14.6. The Morgan fingerprint density at radius 3 is 1.33 bits per heavy atom. The minimum absolute atomic E-state index is 0.0223. The van der Waals surface area contributed by atoms with Gasteiger partial charge in [0.1, 0.15) is 9.98 Å². The van der Waals surface area contributed by atoms with Crippen molar-refractivity contribution < 1.29 is 9.59 Å². The number of carbonyl (C=O) groups is 2. The Balaban J connectivity index is 1.58. The molecule has 0 aromatic rings. The molecule has 0 spiro atoms. The molecule has 0 atom stereocenters. The number of urea groups is 2. The van der Waals surface area contributed by atoms with Gasteiger partial charge >= 0.3 is 12.1 Å². The Labute approximate surface area is 254 Å². The van der Waals surface area contributed by atoms with Crippen LogP contribution in [-0.2, 0) is 0 Å². The lowest BCUT2D eigenvalue weighted by molar-refractivity contribution is 0.164. The van der Waals surface area contributed by atoms with E-state index in [1.165, 1.54) is 0 Å². The van der Waals surface area contributed by atoms with Gasteiger partial charge in [-0.1, -0.05) is 24.4 Å². The second-order valence-corrected chi connectivity index (χ2v) is 12.7. The van der Waals surface area contributed by atoms with Gasteiger partial charge in [-0.3, -0.25) is 9.80 Å². The lowest BCUT2D eigenvalue weighted by atomic mass is 9.98. The van der Waals surface area contributed by atoms with Crippen molar-refractivity contribution in [3.05, 3.63) is 0 Å². The summed E-state index contributed by atoms with van der Waals surface area (Å²) in [5.41, 5.74) is -0.789. The summed E-state index contributed by atoms with van der Waals surface area (Å²) in [5.74, 6) is 0. The van der Waals surface area contributed by atoms with Gasteiger partial charge in [0.05, 0.1) is 13.1 Å². The molecule has 220 valence electrons. The predicted molar refractivity (Wildman–Crippen MR) is 173 cm³/mol. The highest BCUT2D eigenvalue weighted by atomic mass is 32.1. The minimum Gasteiger partial charge on any atom is -0.363 e. The van der Waals surface area contributed by atoms with Gasteiger partial charge in [0.25, 0.3) is 0 Å². The Kier molecular flexibility index (Phi) is 12.5. The average molecular weight is 617 g/mol. The standard InChI is InChI=1S/C25H44N8O2S4/c1-7-30-16-18(36)32(22(30)34)24(3,4)10-14-28-20(38)26-12-9-13-27-21(39)29-15-11-25(5,6)33-19(37)17-31(8-2)23(33)35/h7-17H2,1-6H3,(H2,26,28,38)(H2,27,29,39). The summed E-state index contributed by atoms with van der Waals surface area (Å²) >= 11 is 21.7. The molecule has 2 aliphatic heterocycles. The molecule has 2 saturated heterocycles. The summed E-state index contributed by atoms with van der Waals surface area (Å²) in [6, 6.07) is -0.0446. The third-order valence-corrected chi connectivity index (χ3v) is 8.22. The van der Waals surface area contributed by atoms with E-state index in [0.29, 0.717) is 85.4 Å². The Morgan fingerprint density at radius 1 is 0.692 bits per heavy atom. The molecule has 14 heteroatoms. The van der Waals surface area contributed by atoms with Crippen molar-refractivity contribution in [3.8, 4) is 0 Å². The number of nitrogens with one attached hydrogen (secondary N) is 4. The zero-order chi connectivity index (χ0) is 29.4. The van der Waals surface area contributed by atoms with E-state index in [1.54, 1.807) is 19.6 Å². The van der Waals surface area contributed by atoms with Gasteiger partial charge in [0, 0.05) is 50.3 Å². The van der Waals surface area contributed by atoms with Crippen LogP contribution in [0, 0.1) is 0 Å². The van der Waals surface area contributed by atoms with Crippen molar-refractivity contribution in [2.24, 2.45) is 0 Å². The fourth-order valence-electron chi connectivity index (χ4n) is 4.59. The van der Waals surface area contributed by atoms with Gasteiger partial charge in [-0.2, -0.15) is 0 Å². The molecule has 0 bridgehead atoms. The Bertz CT molecular complexity index is 884. The van der Waals surface area contributed by atoms with E-state index in [4.69, 9.17) is 48.9 Å². The van der Waals surface area contributed by atoms with Gasteiger partial charge in [0.2, 0.25) is 0 Å². The van der Waals surface area contributed by atoms with Crippen molar-refractivity contribution in [2.45, 2.75) is 71.9 Å². The quantitative estimate of drug-likeness (QED) is 0.172. The topological polar surface area (TPSA) is 95.2 Å². The molecular formula is C25H44N8O2S4. The smallest absolute Gasteiger partial charge is 0.325 e. The fraction of sp³-hybridized carbons (Fsp3) is 0.760.